The number of pyridine rings is 1. The molecule has 2 aromatic carbocycles. The van der Waals surface area contributed by atoms with Gasteiger partial charge in [-0.15, -0.1) is 0 Å². The van der Waals surface area contributed by atoms with Gasteiger partial charge in [0.25, 0.3) is 0 Å². The number of para-hydroxylation sites is 1. The first-order valence-electron chi connectivity index (χ1n) is 7.92. The molecule has 5 nitrogen and oxygen atoms in total. The number of rotatable bonds is 4. The van der Waals surface area contributed by atoms with Gasteiger partial charge in [0.05, 0.1) is 16.9 Å². The van der Waals surface area contributed by atoms with Gasteiger partial charge in [-0.25, -0.2) is 4.98 Å². The molecule has 0 bridgehead atoms. The van der Waals surface area contributed by atoms with Crippen molar-refractivity contribution in [3.8, 4) is 5.75 Å². The van der Waals surface area contributed by atoms with Gasteiger partial charge in [-0.3, -0.25) is 15.2 Å². The van der Waals surface area contributed by atoms with Crippen LogP contribution in [0.25, 0.3) is 10.9 Å². The number of anilines is 1. The van der Waals surface area contributed by atoms with Gasteiger partial charge in [-0.05, 0) is 24.3 Å². The molecule has 1 aromatic heterocycles. The molecule has 1 fully saturated rings. The van der Waals surface area contributed by atoms with Gasteiger partial charge in [0.2, 0.25) is 5.91 Å². The first-order valence-corrected chi connectivity index (χ1v) is 7.92. The van der Waals surface area contributed by atoms with Gasteiger partial charge in [0.1, 0.15) is 12.4 Å². The molecule has 1 amide bonds. The molecular formula is C19H17N3O2. The van der Waals surface area contributed by atoms with Crippen molar-refractivity contribution in [2.24, 2.45) is 0 Å². The number of ether oxygens (including phenoxy) is 1. The van der Waals surface area contributed by atoms with Crippen LogP contribution in [0.3, 0.4) is 0 Å². The summed E-state index contributed by atoms with van der Waals surface area (Å²) in [5, 5.41) is 2.96. The van der Waals surface area contributed by atoms with Crippen LogP contribution in [0.1, 0.15) is 12.1 Å². The van der Waals surface area contributed by atoms with Crippen molar-refractivity contribution in [3.05, 3.63) is 66.4 Å². The molecule has 0 aliphatic carbocycles. The van der Waals surface area contributed by atoms with Gasteiger partial charge in [-0.2, -0.15) is 0 Å². The number of aromatic nitrogens is 1. The number of amides is 1. The van der Waals surface area contributed by atoms with Crippen molar-refractivity contribution in [1.29, 1.82) is 0 Å². The maximum atomic E-state index is 11.3. The normalized spacial score (nSPS) is 14.0. The summed E-state index contributed by atoms with van der Waals surface area (Å²) in [6.45, 7) is 1.08. The van der Waals surface area contributed by atoms with Crippen LogP contribution in [-0.2, 0) is 11.4 Å². The number of benzene rings is 2. The second-order valence-electron chi connectivity index (χ2n) is 5.72. The molecule has 3 aromatic rings. The Morgan fingerprint density at radius 1 is 1.08 bits per heavy atom. The van der Waals surface area contributed by atoms with Crippen LogP contribution in [-0.4, -0.2) is 17.4 Å². The van der Waals surface area contributed by atoms with E-state index in [2.05, 4.69) is 16.5 Å². The molecule has 2 heterocycles. The van der Waals surface area contributed by atoms with Crippen LogP contribution < -0.4 is 15.2 Å². The second-order valence-corrected chi connectivity index (χ2v) is 5.72. The maximum Gasteiger partial charge on any atom is 0.240 e. The molecule has 5 heteroatoms. The third-order valence-corrected chi connectivity index (χ3v) is 3.99. The van der Waals surface area contributed by atoms with E-state index in [1.165, 1.54) is 0 Å². The Morgan fingerprint density at radius 3 is 2.88 bits per heavy atom. The second kappa shape index (κ2) is 6.20. The lowest BCUT2D eigenvalue weighted by molar-refractivity contribution is -0.119. The molecule has 1 aliphatic rings. The lowest BCUT2D eigenvalue weighted by Crippen LogP contribution is -2.32. The average molecular weight is 319 g/mol. The summed E-state index contributed by atoms with van der Waals surface area (Å²) in [6.07, 6.45) is 0.520. The van der Waals surface area contributed by atoms with Crippen molar-refractivity contribution in [3.63, 3.8) is 0 Å². The van der Waals surface area contributed by atoms with E-state index in [4.69, 9.17) is 4.74 Å². The Morgan fingerprint density at radius 2 is 2.00 bits per heavy atom. The minimum absolute atomic E-state index is 0.0432. The van der Waals surface area contributed by atoms with Crippen LogP contribution in [0.4, 0.5) is 5.69 Å². The van der Waals surface area contributed by atoms with E-state index >= 15 is 0 Å². The summed E-state index contributed by atoms with van der Waals surface area (Å²) in [5.41, 5.74) is 5.59. The monoisotopic (exact) mass is 319 g/mol. The summed E-state index contributed by atoms with van der Waals surface area (Å²) in [4.78, 5) is 15.9. The highest BCUT2D eigenvalue weighted by Crippen LogP contribution is 2.23. The SMILES string of the molecule is O=C1CCN(c2cccc(OCc3ccc4ccccc4n3)c2)N1. The predicted molar refractivity (Wildman–Crippen MR) is 92.6 cm³/mol. The number of hydrazine groups is 1. The van der Waals surface area contributed by atoms with Gasteiger partial charge < -0.3 is 4.74 Å². The summed E-state index contributed by atoms with van der Waals surface area (Å²) in [7, 11) is 0. The van der Waals surface area contributed by atoms with E-state index in [1.54, 1.807) is 0 Å². The molecule has 0 radical (unpaired) electrons. The highest BCUT2D eigenvalue weighted by Gasteiger charge is 2.18. The zero-order valence-corrected chi connectivity index (χ0v) is 13.1. The maximum absolute atomic E-state index is 11.3. The fourth-order valence-electron chi connectivity index (χ4n) is 2.76. The summed E-state index contributed by atoms with van der Waals surface area (Å²) >= 11 is 0. The number of nitrogens with one attached hydrogen (secondary N) is 1. The number of hydrogen-bond donors (Lipinski definition) is 1. The third kappa shape index (κ3) is 3.01. The molecule has 1 saturated heterocycles. The standard InChI is InChI=1S/C19H17N3O2/c23-19-10-11-22(21-19)16-5-3-6-17(12-16)24-13-15-9-8-14-4-1-2-7-18(14)20-15/h1-9,12H,10-11,13H2,(H,21,23). The minimum atomic E-state index is 0.0432. The smallest absolute Gasteiger partial charge is 0.240 e. The Balaban J connectivity index is 1.47. The summed E-state index contributed by atoms with van der Waals surface area (Å²) in [6, 6.07) is 19.8. The fraction of sp³-hybridized carbons (Fsp3) is 0.158. The number of hydrogen-bond acceptors (Lipinski definition) is 4. The Kier molecular flexibility index (Phi) is 3.75. The van der Waals surface area contributed by atoms with Gasteiger partial charge in [0, 0.05) is 24.4 Å². The average Bonchev–Trinajstić information content (AvgIpc) is 3.06. The van der Waals surface area contributed by atoms with E-state index in [-0.39, 0.29) is 5.91 Å². The molecular weight excluding hydrogens is 302 g/mol. The molecule has 1 aliphatic heterocycles. The molecule has 4 rings (SSSR count). The van der Waals surface area contributed by atoms with Crippen molar-refractivity contribution >= 4 is 22.5 Å². The molecule has 1 N–H and O–H groups in total. The van der Waals surface area contributed by atoms with Crippen LogP contribution in [0, 0.1) is 0 Å². The number of nitrogens with zero attached hydrogens (tertiary/aromatic N) is 2. The molecule has 0 atom stereocenters. The van der Waals surface area contributed by atoms with Crippen molar-refractivity contribution in [2.75, 3.05) is 11.6 Å². The van der Waals surface area contributed by atoms with Crippen molar-refractivity contribution in [1.82, 2.24) is 10.4 Å². The molecule has 0 unspecified atom stereocenters. The number of fused-ring (bicyclic) bond motifs is 1. The van der Waals surface area contributed by atoms with Crippen LogP contribution in [0.5, 0.6) is 5.75 Å². The lowest BCUT2D eigenvalue weighted by atomic mass is 10.2. The summed E-state index contributed by atoms with van der Waals surface area (Å²) < 4.78 is 5.87. The topological polar surface area (TPSA) is 54.5 Å². The van der Waals surface area contributed by atoms with E-state index in [1.807, 2.05) is 59.6 Å². The Bertz CT molecular complexity index is 894. The summed E-state index contributed by atoms with van der Waals surface area (Å²) in [5.74, 6) is 0.797. The third-order valence-electron chi connectivity index (χ3n) is 3.99. The minimum Gasteiger partial charge on any atom is -0.487 e. The first-order chi connectivity index (χ1) is 11.8. The van der Waals surface area contributed by atoms with Gasteiger partial charge in [-0.1, -0.05) is 30.3 Å². The van der Waals surface area contributed by atoms with Crippen LogP contribution >= 0.6 is 0 Å². The molecule has 24 heavy (non-hydrogen) atoms. The van der Waals surface area contributed by atoms with Crippen LogP contribution in [0.15, 0.2) is 60.7 Å². The molecule has 0 spiro atoms. The number of carbonyl (C=O) groups is 1. The predicted octanol–water partition coefficient (Wildman–Crippen LogP) is 3.06. The Labute approximate surface area is 139 Å². The fourth-order valence-corrected chi connectivity index (χ4v) is 2.76. The van der Waals surface area contributed by atoms with Crippen LogP contribution in [0.2, 0.25) is 0 Å². The highest BCUT2D eigenvalue weighted by molar-refractivity contribution is 5.81. The van der Waals surface area contributed by atoms with Crippen molar-refractivity contribution < 1.29 is 9.53 Å². The van der Waals surface area contributed by atoms with E-state index in [0.29, 0.717) is 19.6 Å². The van der Waals surface area contributed by atoms with Crippen molar-refractivity contribution in [2.45, 2.75) is 13.0 Å². The molecule has 0 saturated carbocycles. The van der Waals surface area contributed by atoms with E-state index in [9.17, 15) is 4.79 Å². The largest absolute Gasteiger partial charge is 0.487 e. The molecule has 120 valence electrons. The van der Waals surface area contributed by atoms with Gasteiger partial charge in [0.15, 0.2) is 0 Å². The highest BCUT2D eigenvalue weighted by atomic mass is 16.5. The lowest BCUT2D eigenvalue weighted by Gasteiger charge is -2.18. The Hall–Kier alpha value is -3.08. The first kappa shape index (κ1) is 14.5. The van der Waals surface area contributed by atoms with E-state index < -0.39 is 0 Å². The zero-order chi connectivity index (χ0) is 16.4. The van der Waals surface area contributed by atoms with Gasteiger partial charge >= 0.3 is 0 Å². The zero-order valence-electron chi connectivity index (χ0n) is 13.1. The van der Waals surface area contributed by atoms with E-state index in [0.717, 1.165) is 28.0 Å². The number of carbonyl (C=O) groups excluding carboxylic acids is 1. The quantitative estimate of drug-likeness (QED) is 0.803.